The predicted molar refractivity (Wildman–Crippen MR) is 132 cm³/mol. The zero-order valence-electron chi connectivity index (χ0n) is 20.6. The van der Waals surface area contributed by atoms with Crippen LogP contribution in [0.5, 0.6) is 0 Å². The monoisotopic (exact) mass is 532 g/mol. The quantitative estimate of drug-likeness (QED) is 0.197. The maximum atomic E-state index is 11.2. The molecule has 3 heterocycles. The molecule has 7 N–H and O–H groups in total. The summed E-state index contributed by atoms with van der Waals surface area (Å²) in [5.74, 6) is 0. The first-order chi connectivity index (χ1) is 18.2. The van der Waals surface area contributed by atoms with E-state index in [-0.39, 0.29) is 0 Å². The fraction of sp³-hybridized carbons (Fsp3) is 0.500. The number of imidazole rings is 1. The predicted octanol–water partition coefficient (Wildman–Crippen LogP) is -1.42. The van der Waals surface area contributed by atoms with Gasteiger partial charge in [-0.25, -0.2) is 4.98 Å². The third-order valence-corrected chi connectivity index (χ3v) is 7.28. The second kappa shape index (κ2) is 10.9. The van der Waals surface area contributed by atoms with E-state index in [2.05, 4.69) is 4.98 Å². The Kier molecular flexibility index (Phi) is 7.80. The van der Waals surface area contributed by atoms with Gasteiger partial charge in [-0.05, 0) is 34.9 Å². The first-order valence-corrected chi connectivity index (χ1v) is 12.3. The van der Waals surface area contributed by atoms with E-state index < -0.39 is 74.4 Å². The van der Waals surface area contributed by atoms with Crippen LogP contribution in [0, 0.1) is 0 Å². The average molecular weight is 533 g/mol. The third kappa shape index (κ3) is 4.84. The van der Waals surface area contributed by atoms with Crippen molar-refractivity contribution in [2.75, 3.05) is 13.2 Å². The highest BCUT2D eigenvalue weighted by atomic mass is 16.7. The van der Waals surface area contributed by atoms with Crippen molar-refractivity contribution in [1.82, 2.24) is 9.55 Å². The molecule has 12 nitrogen and oxygen atoms in total. The van der Waals surface area contributed by atoms with Gasteiger partial charge in [0.25, 0.3) is 0 Å². The summed E-state index contributed by atoms with van der Waals surface area (Å²) >= 11 is 0. The first kappa shape index (κ1) is 27.1. The summed E-state index contributed by atoms with van der Waals surface area (Å²) in [5, 5.41) is 71.8. The van der Waals surface area contributed by atoms with E-state index >= 15 is 0 Å². The number of ether oxygens (including phenoxy) is 3. The number of aliphatic hydroxyl groups is 7. The molecule has 3 aromatic rings. The summed E-state index contributed by atoms with van der Waals surface area (Å²) < 4.78 is 18.9. The van der Waals surface area contributed by atoms with E-state index in [1.807, 2.05) is 41.9 Å². The normalized spacial score (nSPS) is 36.0. The molecule has 2 aliphatic heterocycles. The molecule has 1 aromatic heterocycles. The number of rotatable bonds is 6. The van der Waals surface area contributed by atoms with E-state index in [1.54, 1.807) is 18.5 Å². The molecule has 0 aliphatic carbocycles. The molecule has 10 atom stereocenters. The van der Waals surface area contributed by atoms with Crippen molar-refractivity contribution in [3.8, 4) is 11.1 Å². The van der Waals surface area contributed by atoms with E-state index in [0.29, 0.717) is 5.56 Å². The Labute approximate surface area is 217 Å². The summed E-state index contributed by atoms with van der Waals surface area (Å²) in [4.78, 5) is 4.34. The second-order valence-corrected chi connectivity index (χ2v) is 9.74. The minimum atomic E-state index is -1.73. The lowest BCUT2D eigenvalue weighted by Crippen LogP contribution is -2.63. The lowest BCUT2D eigenvalue weighted by Gasteiger charge is -2.46. The number of hydrogen-bond acceptors (Lipinski definition) is 11. The maximum absolute atomic E-state index is 11.2. The van der Waals surface area contributed by atoms with Gasteiger partial charge in [0.2, 0.25) is 0 Å². The van der Waals surface area contributed by atoms with Crippen molar-refractivity contribution in [2.24, 2.45) is 7.05 Å². The average Bonchev–Trinajstić information content (AvgIpc) is 3.31. The molecule has 2 saturated heterocycles. The molecule has 0 unspecified atom stereocenters. The second-order valence-electron chi connectivity index (χ2n) is 9.74. The standard InChI is InChI=1S/C26H32N2O10/c1-28-11-27-15-6-5-13(8-16(15)28)12-3-2-4-14(7-12)24-23(35)25(20(32)18(10-30)36-24)38-26-22(34)21(33)19(31)17(9-29)37-26/h2-8,11,17-26,29-35H,9-10H2,1H3/t17-,18-,19-,20-,21+,22+,23-,24-,25+,26-/m1/s1. The van der Waals surface area contributed by atoms with Crippen LogP contribution in [-0.2, 0) is 21.3 Å². The van der Waals surface area contributed by atoms with Gasteiger partial charge >= 0.3 is 0 Å². The third-order valence-electron chi connectivity index (χ3n) is 7.28. The fourth-order valence-corrected chi connectivity index (χ4v) is 5.06. The molecule has 0 saturated carbocycles. The highest BCUT2D eigenvalue weighted by molar-refractivity contribution is 5.82. The van der Waals surface area contributed by atoms with Crippen LogP contribution in [0.1, 0.15) is 11.7 Å². The number of aliphatic hydroxyl groups excluding tert-OH is 7. The summed E-state index contributed by atoms with van der Waals surface area (Å²) in [6.07, 6.45) is -12.7. The molecule has 0 bridgehead atoms. The molecular formula is C26H32N2O10. The van der Waals surface area contributed by atoms with Crippen molar-refractivity contribution in [2.45, 2.75) is 61.2 Å². The van der Waals surface area contributed by atoms with Gasteiger partial charge in [0, 0.05) is 7.05 Å². The fourth-order valence-electron chi connectivity index (χ4n) is 5.06. The number of nitrogens with zero attached hydrogens (tertiary/aromatic N) is 2. The summed E-state index contributed by atoms with van der Waals surface area (Å²) in [6, 6.07) is 13.1. The van der Waals surface area contributed by atoms with Crippen LogP contribution >= 0.6 is 0 Å². The molecule has 0 amide bonds. The van der Waals surface area contributed by atoms with Crippen molar-refractivity contribution in [3.05, 3.63) is 54.4 Å². The van der Waals surface area contributed by atoms with Gasteiger partial charge in [0.15, 0.2) is 6.29 Å². The Balaban J connectivity index is 1.42. The Morgan fingerprint density at radius 3 is 2.26 bits per heavy atom. The van der Waals surface area contributed by atoms with Crippen molar-refractivity contribution >= 4 is 11.0 Å². The zero-order chi connectivity index (χ0) is 27.1. The summed E-state index contributed by atoms with van der Waals surface area (Å²) in [7, 11) is 1.90. The molecule has 206 valence electrons. The number of benzene rings is 2. The van der Waals surface area contributed by atoms with E-state index in [4.69, 9.17) is 14.2 Å². The lowest BCUT2D eigenvalue weighted by molar-refractivity contribution is -0.342. The Bertz CT molecular complexity index is 1250. The maximum Gasteiger partial charge on any atom is 0.187 e. The van der Waals surface area contributed by atoms with Crippen LogP contribution in [0.3, 0.4) is 0 Å². The van der Waals surface area contributed by atoms with E-state index in [9.17, 15) is 35.7 Å². The molecular weight excluding hydrogens is 500 g/mol. The van der Waals surface area contributed by atoms with Gasteiger partial charge in [-0.15, -0.1) is 0 Å². The van der Waals surface area contributed by atoms with Gasteiger partial charge in [-0.1, -0.05) is 24.3 Å². The van der Waals surface area contributed by atoms with Gasteiger partial charge in [-0.3, -0.25) is 0 Å². The van der Waals surface area contributed by atoms with Gasteiger partial charge in [-0.2, -0.15) is 0 Å². The van der Waals surface area contributed by atoms with Gasteiger partial charge in [0.1, 0.15) is 54.9 Å². The smallest absolute Gasteiger partial charge is 0.187 e. The van der Waals surface area contributed by atoms with Crippen LogP contribution < -0.4 is 0 Å². The van der Waals surface area contributed by atoms with Crippen molar-refractivity contribution in [3.63, 3.8) is 0 Å². The molecule has 5 rings (SSSR count). The molecule has 2 aromatic carbocycles. The molecule has 0 spiro atoms. The molecule has 12 heteroatoms. The van der Waals surface area contributed by atoms with E-state index in [1.165, 1.54) is 0 Å². The Morgan fingerprint density at radius 1 is 0.816 bits per heavy atom. The zero-order valence-corrected chi connectivity index (χ0v) is 20.6. The van der Waals surface area contributed by atoms with Gasteiger partial charge in [0.05, 0.1) is 30.6 Å². The lowest BCUT2D eigenvalue weighted by atomic mass is 9.89. The molecule has 0 radical (unpaired) electrons. The van der Waals surface area contributed by atoms with Gasteiger partial charge < -0.3 is 54.5 Å². The van der Waals surface area contributed by atoms with Crippen LogP contribution in [0.25, 0.3) is 22.2 Å². The van der Waals surface area contributed by atoms with Crippen LogP contribution in [0.2, 0.25) is 0 Å². The van der Waals surface area contributed by atoms with Crippen LogP contribution in [0.15, 0.2) is 48.8 Å². The molecule has 2 fully saturated rings. The number of aromatic nitrogens is 2. The SMILES string of the molecule is Cn1cnc2ccc(-c3cccc([C@H]4O[C@H](CO)[C@@H](O)[C@H](O[C@H]5O[C@H](CO)[C@@H](O)[C@H](O)[C@@H]5O)[C@@H]4O)c3)cc21. The topological polar surface area (TPSA) is 187 Å². The van der Waals surface area contributed by atoms with E-state index in [0.717, 1.165) is 22.2 Å². The van der Waals surface area contributed by atoms with Crippen molar-refractivity contribution < 1.29 is 50.0 Å². The number of fused-ring (bicyclic) bond motifs is 1. The highest BCUT2D eigenvalue weighted by Crippen LogP contribution is 2.37. The first-order valence-electron chi connectivity index (χ1n) is 12.3. The minimum Gasteiger partial charge on any atom is -0.394 e. The largest absolute Gasteiger partial charge is 0.394 e. The Morgan fingerprint density at radius 2 is 1.53 bits per heavy atom. The van der Waals surface area contributed by atoms with Crippen LogP contribution in [-0.4, -0.2) is 114 Å². The molecule has 2 aliphatic rings. The number of aryl methyl sites for hydroxylation is 1. The number of hydrogen-bond donors (Lipinski definition) is 7. The van der Waals surface area contributed by atoms with Crippen molar-refractivity contribution in [1.29, 1.82) is 0 Å². The summed E-state index contributed by atoms with van der Waals surface area (Å²) in [6.45, 7) is -1.25. The van der Waals surface area contributed by atoms with Crippen LogP contribution in [0.4, 0.5) is 0 Å². The minimum absolute atomic E-state index is 0.549. The highest BCUT2D eigenvalue weighted by Gasteiger charge is 2.50. The Hall–Kier alpha value is -2.49. The molecule has 38 heavy (non-hydrogen) atoms. The summed E-state index contributed by atoms with van der Waals surface area (Å²) in [5.41, 5.74) is 4.08.